The normalized spacial score (nSPS) is 46.5. The molecule has 3 heteroatoms. The first-order valence-corrected chi connectivity index (χ1v) is 4.83. The van der Waals surface area contributed by atoms with Crippen LogP contribution in [0.25, 0.3) is 0 Å². The van der Waals surface area contributed by atoms with Gasteiger partial charge in [-0.1, -0.05) is 0 Å². The van der Waals surface area contributed by atoms with Crippen molar-refractivity contribution in [1.29, 1.82) is 0 Å². The molecule has 2 aliphatic heterocycles. The highest BCUT2D eigenvalue weighted by molar-refractivity contribution is 4.95. The molecular formula is C9H17FN2. The lowest BCUT2D eigenvalue weighted by Crippen LogP contribution is -2.45. The summed E-state index contributed by atoms with van der Waals surface area (Å²) in [5.74, 6) is 0.607. The third-order valence-corrected chi connectivity index (χ3v) is 3.12. The molecule has 0 amide bonds. The van der Waals surface area contributed by atoms with Crippen LogP contribution in [0.3, 0.4) is 0 Å². The maximum Gasteiger partial charge on any atom is 0.125 e. The molecule has 0 radical (unpaired) electrons. The maximum absolute atomic E-state index is 14.0. The van der Waals surface area contributed by atoms with Gasteiger partial charge in [-0.05, 0) is 38.3 Å². The standard InChI is InChI=1S/C9H17FN2/c10-9(2-3-11)5-8-1-4-12(6-8)7-9/h8H,1-7,11H2. The number of fused-ring (bicyclic) bond motifs is 2. The zero-order valence-electron chi connectivity index (χ0n) is 7.43. The van der Waals surface area contributed by atoms with Crippen molar-refractivity contribution in [3.05, 3.63) is 0 Å². The summed E-state index contributed by atoms with van der Waals surface area (Å²) in [5, 5.41) is 0. The number of nitrogens with zero attached hydrogens (tertiary/aromatic N) is 1. The predicted molar refractivity (Wildman–Crippen MR) is 46.7 cm³/mol. The average molecular weight is 172 g/mol. The van der Waals surface area contributed by atoms with Crippen molar-refractivity contribution in [2.45, 2.75) is 24.9 Å². The molecule has 2 aliphatic rings. The first-order chi connectivity index (χ1) is 5.72. The topological polar surface area (TPSA) is 29.3 Å². The van der Waals surface area contributed by atoms with Gasteiger partial charge in [0.05, 0.1) is 0 Å². The van der Waals surface area contributed by atoms with E-state index in [4.69, 9.17) is 5.73 Å². The number of alkyl halides is 1. The van der Waals surface area contributed by atoms with E-state index in [9.17, 15) is 4.39 Å². The molecule has 2 bridgehead atoms. The molecule has 2 N–H and O–H groups in total. The molecule has 2 fully saturated rings. The second-order valence-electron chi connectivity index (χ2n) is 4.28. The molecule has 2 nitrogen and oxygen atoms in total. The second-order valence-corrected chi connectivity index (χ2v) is 4.28. The van der Waals surface area contributed by atoms with Crippen LogP contribution >= 0.6 is 0 Å². The van der Waals surface area contributed by atoms with Crippen LogP contribution in [0, 0.1) is 5.92 Å². The maximum atomic E-state index is 14.0. The van der Waals surface area contributed by atoms with Gasteiger partial charge in [0.15, 0.2) is 0 Å². The summed E-state index contributed by atoms with van der Waals surface area (Å²) in [4.78, 5) is 2.24. The highest BCUT2D eigenvalue weighted by atomic mass is 19.1. The van der Waals surface area contributed by atoms with Gasteiger partial charge in [0, 0.05) is 13.1 Å². The molecule has 3 atom stereocenters. The van der Waals surface area contributed by atoms with E-state index in [0.29, 0.717) is 25.4 Å². The lowest BCUT2D eigenvalue weighted by molar-refractivity contribution is 0.0465. The van der Waals surface area contributed by atoms with Crippen molar-refractivity contribution in [2.24, 2.45) is 11.7 Å². The Hall–Kier alpha value is -0.150. The summed E-state index contributed by atoms with van der Waals surface area (Å²) in [5.41, 5.74) is 4.43. The van der Waals surface area contributed by atoms with E-state index >= 15 is 0 Å². The summed E-state index contributed by atoms with van der Waals surface area (Å²) in [6, 6.07) is 0. The average Bonchev–Trinajstić information content (AvgIpc) is 2.31. The third kappa shape index (κ3) is 1.48. The quantitative estimate of drug-likeness (QED) is 0.666. The Morgan fingerprint density at radius 1 is 1.58 bits per heavy atom. The lowest BCUT2D eigenvalue weighted by atomic mass is 9.86. The molecule has 0 spiro atoms. The van der Waals surface area contributed by atoms with E-state index in [0.717, 1.165) is 19.5 Å². The minimum atomic E-state index is -0.964. The van der Waals surface area contributed by atoms with Gasteiger partial charge in [-0.3, -0.25) is 4.90 Å². The van der Waals surface area contributed by atoms with E-state index in [1.165, 1.54) is 6.42 Å². The van der Waals surface area contributed by atoms with Crippen LogP contribution in [-0.2, 0) is 0 Å². The van der Waals surface area contributed by atoms with E-state index in [1.807, 2.05) is 0 Å². The fourth-order valence-corrected chi connectivity index (χ4v) is 2.65. The fourth-order valence-electron chi connectivity index (χ4n) is 2.65. The lowest BCUT2D eigenvalue weighted by Gasteiger charge is -2.35. The third-order valence-electron chi connectivity index (χ3n) is 3.12. The van der Waals surface area contributed by atoms with Crippen LogP contribution in [0.2, 0.25) is 0 Å². The van der Waals surface area contributed by atoms with E-state index in [-0.39, 0.29) is 0 Å². The Kier molecular flexibility index (Phi) is 2.09. The predicted octanol–water partition coefficient (Wildman–Crippen LogP) is 0.769. The van der Waals surface area contributed by atoms with Crippen molar-refractivity contribution in [2.75, 3.05) is 26.2 Å². The zero-order chi connectivity index (χ0) is 8.60. The molecule has 2 rings (SSSR count). The molecule has 2 saturated heterocycles. The first kappa shape index (κ1) is 8.45. The molecule has 0 aromatic rings. The number of halogens is 1. The van der Waals surface area contributed by atoms with Gasteiger partial charge in [0.25, 0.3) is 0 Å². The molecule has 2 heterocycles. The van der Waals surface area contributed by atoms with Gasteiger partial charge in [-0.15, -0.1) is 0 Å². The van der Waals surface area contributed by atoms with Crippen LogP contribution in [0.15, 0.2) is 0 Å². The Balaban J connectivity index is 2.00. The fraction of sp³-hybridized carbons (Fsp3) is 1.00. The highest BCUT2D eigenvalue weighted by Crippen LogP contribution is 2.37. The highest BCUT2D eigenvalue weighted by Gasteiger charge is 2.42. The Morgan fingerprint density at radius 3 is 3.08 bits per heavy atom. The number of hydrogen-bond donors (Lipinski definition) is 1. The molecule has 12 heavy (non-hydrogen) atoms. The van der Waals surface area contributed by atoms with Gasteiger partial charge in [-0.2, -0.15) is 0 Å². The van der Waals surface area contributed by atoms with Crippen molar-refractivity contribution in [3.8, 4) is 0 Å². The molecular weight excluding hydrogens is 155 g/mol. The summed E-state index contributed by atoms with van der Waals surface area (Å²) in [6.07, 6.45) is 2.48. The van der Waals surface area contributed by atoms with E-state index in [2.05, 4.69) is 4.90 Å². The number of rotatable bonds is 2. The van der Waals surface area contributed by atoms with Gasteiger partial charge >= 0.3 is 0 Å². The van der Waals surface area contributed by atoms with Gasteiger partial charge in [0.1, 0.15) is 5.67 Å². The molecule has 3 unspecified atom stereocenters. The van der Waals surface area contributed by atoms with Crippen molar-refractivity contribution in [1.82, 2.24) is 4.90 Å². The Bertz CT molecular complexity index is 160. The SMILES string of the molecule is NCCC1(F)CC2CCN(C2)C1. The molecule has 0 aromatic carbocycles. The first-order valence-electron chi connectivity index (χ1n) is 4.83. The number of hydrogen-bond acceptors (Lipinski definition) is 2. The largest absolute Gasteiger partial charge is 0.330 e. The van der Waals surface area contributed by atoms with Crippen LogP contribution in [0.1, 0.15) is 19.3 Å². The van der Waals surface area contributed by atoms with Crippen molar-refractivity contribution in [3.63, 3.8) is 0 Å². The van der Waals surface area contributed by atoms with Gasteiger partial charge < -0.3 is 5.73 Å². The van der Waals surface area contributed by atoms with Crippen LogP contribution < -0.4 is 5.73 Å². The second kappa shape index (κ2) is 2.96. The van der Waals surface area contributed by atoms with Crippen molar-refractivity contribution >= 4 is 0 Å². The monoisotopic (exact) mass is 172 g/mol. The number of piperidine rings is 1. The molecule has 0 aromatic heterocycles. The Labute approximate surface area is 72.9 Å². The summed E-state index contributed by atoms with van der Waals surface area (Å²) >= 11 is 0. The van der Waals surface area contributed by atoms with Crippen LogP contribution in [-0.4, -0.2) is 36.7 Å². The summed E-state index contributed by atoms with van der Waals surface area (Å²) < 4.78 is 14.0. The van der Waals surface area contributed by atoms with Crippen LogP contribution in [0.5, 0.6) is 0 Å². The van der Waals surface area contributed by atoms with Gasteiger partial charge in [-0.25, -0.2) is 4.39 Å². The molecule has 0 aliphatic carbocycles. The Morgan fingerprint density at radius 2 is 2.42 bits per heavy atom. The molecule has 0 saturated carbocycles. The summed E-state index contributed by atoms with van der Waals surface area (Å²) in [6.45, 7) is 3.33. The van der Waals surface area contributed by atoms with E-state index in [1.54, 1.807) is 0 Å². The summed E-state index contributed by atoms with van der Waals surface area (Å²) in [7, 11) is 0. The molecule has 70 valence electrons. The van der Waals surface area contributed by atoms with E-state index < -0.39 is 5.67 Å². The van der Waals surface area contributed by atoms with Crippen molar-refractivity contribution < 1.29 is 4.39 Å². The smallest absolute Gasteiger partial charge is 0.125 e. The van der Waals surface area contributed by atoms with Gasteiger partial charge in [0.2, 0.25) is 0 Å². The number of nitrogens with two attached hydrogens (primary N) is 1. The minimum Gasteiger partial charge on any atom is -0.330 e. The zero-order valence-corrected chi connectivity index (χ0v) is 7.43. The van der Waals surface area contributed by atoms with Crippen LogP contribution in [0.4, 0.5) is 4.39 Å². The minimum absolute atomic E-state index is 0.483.